The van der Waals surface area contributed by atoms with Crippen LogP contribution in [0, 0.1) is 0 Å². The number of nitrogens with one attached hydrogen (secondary N) is 1. The van der Waals surface area contributed by atoms with E-state index in [1.54, 1.807) is 0 Å². The predicted molar refractivity (Wildman–Crippen MR) is 91.0 cm³/mol. The third-order valence-corrected chi connectivity index (χ3v) is 4.30. The van der Waals surface area contributed by atoms with Crippen molar-refractivity contribution in [2.24, 2.45) is 0 Å². The molecule has 4 heteroatoms. The van der Waals surface area contributed by atoms with Crippen molar-refractivity contribution in [3.8, 4) is 0 Å². The highest BCUT2D eigenvalue weighted by Crippen LogP contribution is 2.20. The number of pyridine rings is 1. The highest BCUT2D eigenvalue weighted by Gasteiger charge is 2.17. The van der Waals surface area contributed by atoms with Crippen molar-refractivity contribution in [1.82, 2.24) is 15.2 Å². The fourth-order valence-corrected chi connectivity index (χ4v) is 3.13. The van der Waals surface area contributed by atoms with Crippen molar-refractivity contribution in [2.75, 3.05) is 20.1 Å². The lowest BCUT2D eigenvalue weighted by atomic mass is 10.1. The van der Waals surface area contributed by atoms with E-state index in [0.29, 0.717) is 6.04 Å². The van der Waals surface area contributed by atoms with Crippen molar-refractivity contribution in [2.45, 2.75) is 31.8 Å². The van der Waals surface area contributed by atoms with Gasteiger partial charge in [-0.2, -0.15) is 0 Å². The number of hydrogen-bond acceptors (Lipinski definition) is 3. The zero-order chi connectivity index (χ0) is 13.8. The fourth-order valence-electron chi connectivity index (χ4n) is 3.13. The first kappa shape index (κ1) is 16.2. The van der Waals surface area contributed by atoms with Gasteiger partial charge < -0.3 is 5.32 Å². The molecule has 0 aliphatic carbocycles. The molecule has 1 atom stereocenters. The Morgan fingerprint density at radius 2 is 2.05 bits per heavy atom. The van der Waals surface area contributed by atoms with Gasteiger partial charge in [-0.15, -0.1) is 12.4 Å². The van der Waals surface area contributed by atoms with Gasteiger partial charge in [0.15, 0.2) is 0 Å². The second-order valence-corrected chi connectivity index (χ2v) is 5.74. The van der Waals surface area contributed by atoms with Crippen LogP contribution in [0.15, 0.2) is 36.5 Å². The second-order valence-electron chi connectivity index (χ2n) is 5.74. The molecule has 1 aliphatic heterocycles. The SMILES string of the molecule is CN(Cc1cccc2cccnc12)C1CCCNCC1.Cl. The van der Waals surface area contributed by atoms with Gasteiger partial charge in [-0.05, 0) is 51.0 Å². The Labute approximate surface area is 133 Å². The Hall–Kier alpha value is -1.16. The zero-order valence-corrected chi connectivity index (χ0v) is 13.4. The Bertz CT molecular complexity index is 559. The van der Waals surface area contributed by atoms with Crippen LogP contribution in [-0.4, -0.2) is 36.1 Å². The quantitative estimate of drug-likeness (QED) is 0.943. The van der Waals surface area contributed by atoms with Gasteiger partial charge in [-0.1, -0.05) is 24.3 Å². The number of hydrogen-bond donors (Lipinski definition) is 1. The molecule has 1 fully saturated rings. The normalized spacial score (nSPS) is 19.2. The minimum atomic E-state index is 0. The van der Waals surface area contributed by atoms with Crippen LogP contribution in [0.25, 0.3) is 10.9 Å². The molecule has 3 rings (SSSR count). The second kappa shape index (κ2) is 7.74. The Morgan fingerprint density at radius 3 is 2.95 bits per heavy atom. The third-order valence-electron chi connectivity index (χ3n) is 4.30. The van der Waals surface area contributed by atoms with Crippen molar-refractivity contribution in [3.05, 3.63) is 42.1 Å². The number of benzene rings is 1. The number of rotatable bonds is 3. The molecule has 3 nitrogen and oxygen atoms in total. The lowest BCUT2D eigenvalue weighted by Crippen LogP contribution is -2.32. The summed E-state index contributed by atoms with van der Waals surface area (Å²) in [6.45, 7) is 3.29. The van der Waals surface area contributed by atoms with Crippen molar-refractivity contribution in [1.29, 1.82) is 0 Å². The van der Waals surface area contributed by atoms with Gasteiger partial charge in [-0.25, -0.2) is 0 Å². The van der Waals surface area contributed by atoms with Crippen LogP contribution >= 0.6 is 12.4 Å². The van der Waals surface area contributed by atoms with Crippen LogP contribution in [0.2, 0.25) is 0 Å². The first-order valence-electron chi connectivity index (χ1n) is 7.58. The molecule has 0 bridgehead atoms. The number of fused-ring (bicyclic) bond motifs is 1. The van der Waals surface area contributed by atoms with Crippen molar-refractivity contribution >= 4 is 23.3 Å². The van der Waals surface area contributed by atoms with Gasteiger partial charge in [-0.3, -0.25) is 9.88 Å². The highest BCUT2D eigenvalue weighted by molar-refractivity contribution is 5.85. The van der Waals surface area contributed by atoms with E-state index >= 15 is 0 Å². The van der Waals surface area contributed by atoms with Crippen LogP contribution in [0.3, 0.4) is 0 Å². The summed E-state index contributed by atoms with van der Waals surface area (Å²) in [5.74, 6) is 0. The first-order chi connectivity index (χ1) is 9.84. The highest BCUT2D eigenvalue weighted by atomic mass is 35.5. The topological polar surface area (TPSA) is 28.2 Å². The molecule has 1 saturated heterocycles. The first-order valence-corrected chi connectivity index (χ1v) is 7.58. The summed E-state index contributed by atoms with van der Waals surface area (Å²) in [5, 5.41) is 4.72. The standard InChI is InChI=1S/C17H23N3.ClH/c1-20(16-8-4-10-18-12-9-16)13-15-6-2-5-14-7-3-11-19-17(14)15;/h2-3,5-7,11,16,18H,4,8-10,12-13H2,1H3;1H. The predicted octanol–water partition coefficient (Wildman–Crippen LogP) is 3.23. The van der Waals surface area contributed by atoms with Crippen molar-refractivity contribution in [3.63, 3.8) is 0 Å². The lowest BCUT2D eigenvalue weighted by Gasteiger charge is -2.27. The Kier molecular flexibility index (Phi) is 5.97. The molecule has 1 aliphatic rings. The van der Waals surface area contributed by atoms with Gasteiger partial charge in [0.05, 0.1) is 5.52 Å². The molecule has 0 amide bonds. The third kappa shape index (κ3) is 3.94. The van der Waals surface area contributed by atoms with Gasteiger partial charge in [0.1, 0.15) is 0 Å². The molecule has 0 spiro atoms. The molecule has 1 aromatic carbocycles. The van der Waals surface area contributed by atoms with Gasteiger partial charge in [0, 0.05) is 24.2 Å². The van der Waals surface area contributed by atoms with Gasteiger partial charge in [0.25, 0.3) is 0 Å². The van der Waals surface area contributed by atoms with E-state index in [9.17, 15) is 0 Å². The average Bonchev–Trinajstić information content (AvgIpc) is 2.77. The number of aromatic nitrogens is 1. The van der Waals surface area contributed by atoms with E-state index in [0.717, 1.165) is 18.6 Å². The summed E-state index contributed by atoms with van der Waals surface area (Å²) in [5.41, 5.74) is 2.48. The van der Waals surface area contributed by atoms with Gasteiger partial charge >= 0.3 is 0 Å². The minimum Gasteiger partial charge on any atom is -0.317 e. The van der Waals surface area contributed by atoms with E-state index in [2.05, 4.69) is 46.5 Å². The van der Waals surface area contributed by atoms with Crippen LogP contribution < -0.4 is 5.32 Å². The van der Waals surface area contributed by atoms with Crippen LogP contribution in [-0.2, 0) is 6.54 Å². The van der Waals surface area contributed by atoms with E-state index in [-0.39, 0.29) is 12.4 Å². The summed E-state index contributed by atoms with van der Waals surface area (Å²) in [4.78, 5) is 7.06. The molecule has 21 heavy (non-hydrogen) atoms. The average molecular weight is 306 g/mol. The molecule has 1 unspecified atom stereocenters. The van der Waals surface area contributed by atoms with E-state index < -0.39 is 0 Å². The molecule has 0 radical (unpaired) electrons. The summed E-state index contributed by atoms with van der Waals surface area (Å²) in [6, 6.07) is 11.3. The fraction of sp³-hybridized carbons (Fsp3) is 0.471. The molecule has 0 saturated carbocycles. The molecule has 2 aromatic rings. The number of para-hydroxylation sites is 1. The largest absolute Gasteiger partial charge is 0.317 e. The Morgan fingerprint density at radius 1 is 1.19 bits per heavy atom. The summed E-state index contributed by atoms with van der Waals surface area (Å²) in [6.07, 6.45) is 5.71. The van der Waals surface area contributed by atoms with Crippen LogP contribution in [0.5, 0.6) is 0 Å². The van der Waals surface area contributed by atoms with Gasteiger partial charge in [0.2, 0.25) is 0 Å². The van der Waals surface area contributed by atoms with Crippen LogP contribution in [0.1, 0.15) is 24.8 Å². The lowest BCUT2D eigenvalue weighted by molar-refractivity contribution is 0.217. The summed E-state index contributed by atoms with van der Waals surface area (Å²) >= 11 is 0. The zero-order valence-electron chi connectivity index (χ0n) is 12.6. The maximum atomic E-state index is 4.56. The Balaban J connectivity index is 0.00000161. The number of nitrogens with zero attached hydrogens (tertiary/aromatic N) is 2. The van der Waals surface area contributed by atoms with E-state index in [1.807, 2.05) is 12.3 Å². The van der Waals surface area contributed by atoms with E-state index in [1.165, 1.54) is 36.8 Å². The molecule has 2 heterocycles. The monoisotopic (exact) mass is 305 g/mol. The maximum Gasteiger partial charge on any atom is 0.0746 e. The molecular weight excluding hydrogens is 282 g/mol. The molecule has 1 aromatic heterocycles. The molecular formula is C17H24ClN3. The molecule has 1 N–H and O–H groups in total. The summed E-state index contributed by atoms with van der Waals surface area (Å²) in [7, 11) is 2.25. The summed E-state index contributed by atoms with van der Waals surface area (Å²) < 4.78 is 0. The number of halogens is 1. The van der Waals surface area contributed by atoms with Crippen LogP contribution in [0.4, 0.5) is 0 Å². The maximum absolute atomic E-state index is 4.56. The minimum absolute atomic E-state index is 0. The smallest absolute Gasteiger partial charge is 0.0746 e. The van der Waals surface area contributed by atoms with Crippen molar-refractivity contribution < 1.29 is 0 Å². The molecule has 114 valence electrons. The van der Waals surface area contributed by atoms with E-state index in [4.69, 9.17) is 0 Å².